The molecule has 2 N–H and O–H groups in total. The van der Waals surface area contributed by atoms with Crippen LogP contribution in [0.4, 0.5) is 0 Å². The second-order valence-corrected chi connectivity index (χ2v) is 5.38. The van der Waals surface area contributed by atoms with Crippen LogP contribution in [-0.4, -0.2) is 16.7 Å². The number of rotatable bonds is 5. The fourth-order valence-electron chi connectivity index (χ4n) is 1.59. The molecule has 0 spiro atoms. The summed E-state index contributed by atoms with van der Waals surface area (Å²) < 4.78 is 5.65. The molecule has 0 amide bonds. The average molecular weight is 251 g/mol. The first-order valence-corrected chi connectivity index (χ1v) is 6.64. The molecule has 17 heavy (non-hydrogen) atoms. The molecule has 0 saturated carbocycles. The number of aromatic nitrogens is 2. The van der Waals surface area contributed by atoms with Crippen LogP contribution in [0, 0.1) is 0 Å². The molecule has 1 unspecified atom stereocenters. The zero-order valence-electron chi connectivity index (χ0n) is 10.1. The van der Waals surface area contributed by atoms with Crippen LogP contribution >= 0.6 is 11.3 Å². The zero-order chi connectivity index (χ0) is 12.3. The van der Waals surface area contributed by atoms with Gasteiger partial charge in [-0.2, -0.15) is 0 Å². The van der Waals surface area contributed by atoms with E-state index in [4.69, 9.17) is 10.2 Å². The molecule has 0 aliphatic rings. The van der Waals surface area contributed by atoms with Gasteiger partial charge in [0.15, 0.2) is 0 Å². The summed E-state index contributed by atoms with van der Waals surface area (Å²) in [4.78, 5) is 1.30. The average Bonchev–Trinajstić information content (AvgIpc) is 2.96. The number of hydrogen-bond acceptors (Lipinski definition) is 5. The minimum absolute atomic E-state index is 0.119. The molecule has 4 nitrogen and oxygen atoms in total. The van der Waals surface area contributed by atoms with Crippen molar-refractivity contribution in [2.75, 3.05) is 6.54 Å². The fourth-order valence-corrected chi connectivity index (χ4v) is 2.37. The maximum Gasteiger partial charge on any atom is 0.221 e. The number of thiophene rings is 1. The summed E-state index contributed by atoms with van der Waals surface area (Å²) in [6, 6.07) is 4.15. The normalized spacial score (nSPS) is 13.2. The van der Waals surface area contributed by atoms with E-state index in [-0.39, 0.29) is 11.8 Å². The standard InChI is InChI=1S/C12H17N3OS/c1-8(2)11-14-15-12(16-11)9(7-13)6-10-4-3-5-17-10/h3-5,8-9H,6-7,13H2,1-2H3. The van der Waals surface area contributed by atoms with Gasteiger partial charge in [-0.15, -0.1) is 21.5 Å². The van der Waals surface area contributed by atoms with Crippen LogP contribution < -0.4 is 5.73 Å². The van der Waals surface area contributed by atoms with Crippen molar-refractivity contribution >= 4 is 11.3 Å². The molecule has 5 heteroatoms. The highest BCUT2D eigenvalue weighted by atomic mass is 32.1. The van der Waals surface area contributed by atoms with Gasteiger partial charge in [0.2, 0.25) is 11.8 Å². The summed E-state index contributed by atoms with van der Waals surface area (Å²) in [6.45, 7) is 4.60. The molecule has 2 heterocycles. The number of nitrogens with zero attached hydrogens (tertiary/aromatic N) is 2. The molecule has 0 aliphatic heterocycles. The molecular weight excluding hydrogens is 234 g/mol. The second-order valence-electron chi connectivity index (χ2n) is 4.35. The molecule has 0 aliphatic carbocycles. The van der Waals surface area contributed by atoms with Crippen LogP contribution in [0.3, 0.4) is 0 Å². The van der Waals surface area contributed by atoms with Gasteiger partial charge in [-0.1, -0.05) is 19.9 Å². The molecule has 0 saturated heterocycles. The Morgan fingerprint density at radius 2 is 2.12 bits per heavy atom. The molecule has 2 aromatic heterocycles. The van der Waals surface area contributed by atoms with Gasteiger partial charge in [0, 0.05) is 17.3 Å². The van der Waals surface area contributed by atoms with Crippen LogP contribution in [0.5, 0.6) is 0 Å². The van der Waals surface area contributed by atoms with Crippen molar-refractivity contribution in [2.45, 2.75) is 32.1 Å². The molecule has 2 aromatic rings. The zero-order valence-corrected chi connectivity index (χ0v) is 10.9. The van der Waals surface area contributed by atoms with Gasteiger partial charge >= 0.3 is 0 Å². The molecule has 0 fully saturated rings. The molecule has 2 rings (SSSR count). The third kappa shape index (κ3) is 2.92. The summed E-state index contributed by atoms with van der Waals surface area (Å²) in [5.74, 6) is 1.72. The minimum atomic E-state index is 0.119. The van der Waals surface area contributed by atoms with Crippen molar-refractivity contribution in [1.82, 2.24) is 10.2 Å². The van der Waals surface area contributed by atoms with Gasteiger partial charge in [-0.05, 0) is 17.9 Å². The van der Waals surface area contributed by atoms with Crippen molar-refractivity contribution in [2.24, 2.45) is 5.73 Å². The van der Waals surface area contributed by atoms with Gasteiger partial charge in [0.1, 0.15) is 0 Å². The van der Waals surface area contributed by atoms with E-state index in [1.54, 1.807) is 11.3 Å². The van der Waals surface area contributed by atoms with Gasteiger partial charge in [-0.3, -0.25) is 0 Å². The van der Waals surface area contributed by atoms with E-state index in [0.29, 0.717) is 18.3 Å². The van der Waals surface area contributed by atoms with Crippen molar-refractivity contribution in [3.8, 4) is 0 Å². The Morgan fingerprint density at radius 3 is 2.65 bits per heavy atom. The minimum Gasteiger partial charge on any atom is -0.425 e. The Balaban J connectivity index is 2.11. The molecule has 0 aromatic carbocycles. The summed E-state index contributed by atoms with van der Waals surface area (Å²) in [6.07, 6.45) is 0.869. The molecule has 1 atom stereocenters. The monoisotopic (exact) mass is 251 g/mol. The maximum absolute atomic E-state index is 5.78. The molecule has 0 bridgehead atoms. The van der Waals surface area contributed by atoms with Crippen LogP contribution in [0.25, 0.3) is 0 Å². The van der Waals surface area contributed by atoms with Gasteiger partial charge < -0.3 is 10.2 Å². The summed E-state index contributed by atoms with van der Waals surface area (Å²) in [5, 5.41) is 10.2. The Bertz CT molecular complexity index is 450. The Kier molecular flexibility index (Phi) is 3.91. The second kappa shape index (κ2) is 5.42. The van der Waals surface area contributed by atoms with Crippen LogP contribution in [-0.2, 0) is 6.42 Å². The first kappa shape index (κ1) is 12.3. The van der Waals surface area contributed by atoms with Crippen LogP contribution in [0.15, 0.2) is 21.9 Å². The SMILES string of the molecule is CC(C)c1nnc(C(CN)Cc2cccs2)o1. The smallest absolute Gasteiger partial charge is 0.221 e. The first-order chi connectivity index (χ1) is 8.20. The van der Waals surface area contributed by atoms with E-state index in [9.17, 15) is 0 Å². The van der Waals surface area contributed by atoms with E-state index in [2.05, 4.69) is 21.6 Å². The summed E-state index contributed by atoms with van der Waals surface area (Å²) >= 11 is 1.73. The van der Waals surface area contributed by atoms with E-state index in [1.807, 2.05) is 19.9 Å². The van der Waals surface area contributed by atoms with E-state index in [1.165, 1.54) is 4.88 Å². The van der Waals surface area contributed by atoms with Crippen molar-refractivity contribution < 1.29 is 4.42 Å². The lowest BCUT2D eigenvalue weighted by Gasteiger charge is -2.08. The molecule has 92 valence electrons. The van der Waals surface area contributed by atoms with Gasteiger partial charge in [0.05, 0.1) is 5.92 Å². The largest absolute Gasteiger partial charge is 0.425 e. The Labute approximate surface area is 105 Å². The lowest BCUT2D eigenvalue weighted by atomic mass is 10.1. The maximum atomic E-state index is 5.78. The Hall–Kier alpha value is -1.20. The van der Waals surface area contributed by atoms with E-state index in [0.717, 1.165) is 6.42 Å². The van der Waals surface area contributed by atoms with Gasteiger partial charge in [-0.25, -0.2) is 0 Å². The lowest BCUT2D eigenvalue weighted by Crippen LogP contribution is -2.15. The third-order valence-electron chi connectivity index (χ3n) is 2.61. The molecule has 0 radical (unpaired) electrons. The topological polar surface area (TPSA) is 64.9 Å². The highest BCUT2D eigenvalue weighted by molar-refractivity contribution is 7.09. The summed E-state index contributed by atoms with van der Waals surface area (Å²) in [7, 11) is 0. The van der Waals surface area contributed by atoms with Gasteiger partial charge in [0.25, 0.3) is 0 Å². The number of nitrogens with two attached hydrogens (primary N) is 1. The predicted octanol–water partition coefficient (Wildman–Crippen LogP) is 2.54. The van der Waals surface area contributed by atoms with Crippen molar-refractivity contribution in [3.05, 3.63) is 34.2 Å². The van der Waals surface area contributed by atoms with Crippen molar-refractivity contribution in [1.29, 1.82) is 0 Å². The highest BCUT2D eigenvalue weighted by Gasteiger charge is 2.19. The number of hydrogen-bond donors (Lipinski definition) is 1. The lowest BCUT2D eigenvalue weighted by molar-refractivity contribution is 0.403. The van der Waals surface area contributed by atoms with E-state index >= 15 is 0 Å². The molecular formula is C12H17N3OS. The quantitative estimate of drug-likeness (QED) is 0.887. The fraction of sp³-hybridized carbons (Fsp3) is 0.500. The predicted molar refractivity (Wildman–Crippen MR) is 68.2 cm³/mol. The van der Waals surface area contributed by atoms with E-state index < -0.39 is 0 Å². The Morgan fingerprint density at radius 1 is 1.35 bits per heavy atom. The highest BCUT2D eigenvalue weighted by Crippen LogP contribution is 2.23. The summed E-state index contributed by atoms with van der Waals surface area (Å²) in [5.41, 5.74) is 5.78. The van der Waals surface area contributed by atoms with Crippen LogP contribution in [0.2, 0.25) is 0 Å². The third-order valence-corrected chi connectivity index (χ3v) is 3.51. The van der Waals surface area contributed by atoms with Crippen molar-refractivity contribution in [3.63, 3.8) is 0 Å². The van der Waals surface area contributed by atoms with Crippen LogP contribution in [0.1, 0.15) is 42.3 Å². The first-order valence-electron chi connectivity index (χ1n) is 5.76.